The van der Waals surface area contributed by atoms with Crippen LogP contribution in [0.1, 0.15) is 24.3 Å². The summed E-state index contributed by atoms with van der Waals surface area (Å²) in [5.74, 6) is 0.454. The molecule has 0 saturated carbocycles. The average Bonchev–Trinajstić information content (AvgIpc) is 2.29. The normalized spacial score (nSPS) is 20.6. The maximum absolute atomic E-state index is 11.5. The van der Waals surface area contributed by atoms with Gasteiger partial charge in [0.05, 0.1) is 4.90 Å². The zero-order valence-corrected chi connectivity index (χ0v) is 11.5. The van der Waals surface area contributed by atoms with Crippen LogP contribution >= 0.6 is 12.4 Å². The summed E-state index contributed by atoms with van der Waals surface area (Å²) in [5.41, 5.74) is 1.13. The fourth-order valence-electron chi connectivity index (χ4n) is 2.14. The molecule has 0 radical (unpaired) electrons. The molecule has 96 valence electrons. The quantitative estimate of drug-likeness (QED) is 0.898. The highest BCUT2D eigenvalue weighted by atomic mass is 35.5. The lowest BCUT2D eigenvalue weighted by Crippen LogP contribution is -2.28. The predicted molar refractivity (Wildman–Crippen MR) is 71.6 cm³/mol. The number of hydrogen-bond donors (Lipinski definition) is 1. The highest BCUT2D eigenvalue weighted by molar-refractivity contribution is 7.90. The molecule has 3 nitrogen and oxygen atoms in total. The van der Waals surface area contributed by atoms with Crippen molar-refractivity contribution < 1.29 is 8.42 Å². The lowest BCUT2D eigenvalue weighted by Gasteiger charge is -2.23. The Kier molecular flexibility index (Phi) is 4.98. The Hall–Kier alpha value is -0.580. The Morgan fingerprint density at radius 1 is 1.35 bits per heavy atom. The largest absolute Gasteiger partial charge is 0.316 e. The summed E-state index contributed by atoms with van der Waals surface area (Å²) in [5, 5.41) is 3.34. The van der Waals surface area contributed by atoms with E-state index in [1.807, 2.05) is 18.2 Å². The summed E-state index contributed by atoms with van der Waals surface area (Å²) in [4.78, 5) is 0.426. The first-order valence-electron chi connectivity index (χ1n) is 5.58. The third kappa shape index (κ3) is 3.69. The predicted octanol–water partition coefficient (Wildman–Crippen LogP) is 1.98. The first-order chi connectivity index (χ1) is 7.57. The lowest BCUT2D eigenvalue weighted by molar-refractivity contribution is 0.461. The summed E-state index contributed by atoms with van der Waals surface area (Å²) in [6.07, 6.45) is 3.55. The van der Waals surface area contributed by atoms with Crippen molar-refractivity contribution in [2.24, 2.45) is 0 Å². The van der Waals surface area contributed by atoms with Gasteiger partial charge in [0.25, 0.3) is 0 Å². The smallest absolute Gasteiger partial charge is 0.175 e. The van der Waals surface area contributed by atoms with Gasteiger partial charge in [-0.3, -0.25) is 0 Å². The lowest BCUT2D eigenvalue weighted by atomic mass is 9.92. The van der Waals surface area contributed by atoms with Crippen molar-refractivity contribution in [3.05, 3.63) is 29.8 Å². The van der Waals surface area contributed by atoms with Gasteiger partial charge in [-0.25, -0.2) is 8.42 Å². The van der Waals surface area contributed by atoms with Gasteiger partial charge in [0, 0.05) is 12.8 Å². The molecule has 17 heavy (non-hydrogen) atoms. The van der Waals surface area contributed by atoms with Crippen LogP contribution in [0.15, 0.2) is 29.2 Å². The van der Waals surface area contributed by atoms with Crippen molar-refractivity contribution in [3.8, 4) is 0 Å². The standard InChI is InChI=1S/C12H17NO2S.ClH/c1-16(14,15)12-6-2-4-10(8-12)11-5-3-7-13-9-11;/h2,4,6,8,11,13H,3,5,7,9H2,1H3;1H. The van der Waals surface area contributed by atoms with Crippen LogP contribution < -0.4 is 5.32 Å². The van der Waals surface area contributed by atoms with E-state index in [-0.39, 0.29) is 12.4 Å². The van der Waals surface area contributed by atoms with Gasteiger partial charge < -0.3 is 5.32 Å². The minimum absolute atomic E-state index is 0. The van der Waals surface area contributed by atoms with E-state index in [0.717, 1.165) is 31.5 Å². The third-order valence-electron chi connectivity index (χ3n) is 3.05. The summed E-state index contributed by atoms with van der Waals surface area (Å²) >= 11 is 0. The van der Waals surface area contributed by atoms with Crippen LogP contribution in [0, 0.1) is 0 Å². The van der Waals surface area contributed by atoms with Gasteiger partial charge >= 0.3 is 0 Å². The Balaban J connectivity index is 0.00000144. The van der Waals surface area contributed by atoms with Gasteiger partial charge in [-0.2, -0.15) is 0 Å². The maximum atomic E-state index is 11.5. The molecule has 1 saturated heterocycles. The highest BCUT2D eigenvalue weighted by Crippen LogP contribution is 2.24. The van der Waals surface area contributed by atoms with Crippen molar-refractivity contribution in [1.82, 2.24) is 5.32 Å². The Labute approximate surface area is 109 Å². The number of hydrogen-bond acceptors (Lipinski definition) is 3. The van der Waals surface area contributed by atoms with Crippen LogP contribution in [-0.2, 0) is 9.84 Å². The van der Waals surface area contributed by atoms with Gasteiger partial charge in [0.2, 0.25) is 0 Å². The van der Waals surface area contributed by atoms with Crippen LogP contribution in [0.25, 0.3) is 0 Å². The molecule has 1 heterocycles. The first kappa shape index (κ1) is 14.5. The van der Waals surface area contributed by atoms with Crippen molar-refractivity contribution in [1.29, 1.82) is 0 Å². The molecule has 1 aliphatic rings. The van der Waals surface area contributed by atoms with E-state index in [9.17, 15) is 8.42 Å². The van der Waals surface area contributed by atoms with E-state index in [4.69, 9.17) is 0 Å². The third-order valence-corrected chi connectivity index (χ3v) is 4.16. The molecule has 2 rings (SSSR count). The Bertz CT molecular complexity index is 467. The van der Waals surface area contributed by atoms with Crippen molar-refractivity contribution in [3.63, 3.8) is 0 Å². The minimum Gasteiger partial charge on any atom is -0.316 e. The molecule has 1 fully saturated rings. The molecule has 0 amide bonds. The monoisotopic (exact) mass is 275 g/mol. The number of nitrogens with one attached hydrogen (secondary N) is 1. The molecular formula is C12H18ClNO2S. The van der Waals surface area contributed by atoms with Crippen LogP contribution in [0.2, 0.25) is 0 Å². The Morgan fingerprint density at radius 2 is 2.12 bits per heavy atom. The van der Waals surface area contributed by atoms with Gasteiger partial charge in [-0.05, 0) is 43.0 Å². The topological polar surface area (TPSA) is 46.2 Å². The summed E-state index contributed by atoms with van der Waals surface area (Å²) < 4.78 is 22.9. The van der Waals surface area contributed by atoms with E-state index in [1.54, 1.807) is 6.07 Å². The fourth-order valence-corrected chi connectivity index (χ4v) is 2.81. The zero-order chi connectivity index (χ0) is 11.6. The number of halogens is 1. The molecule has 1 aliphatic heterocycles. The number of piperidine rings is 1. The summed E-state index contributed by atoms with van der Waals surface area (Å²) in [6.45, 7) is 2.02. The van der Waals surface area contributed by atoms with E-state index >= 15 is 0 Å². The summed E-state index contributed by atoms with van der Waals surface area (Å²) in [6, 6.07) is 7.33. The van der Waals surface area contributed by atoms with Crippen LogP contribution in [-0.4, -0.2) is 27.8 Å². The number of benzene rings is 1. The second-order valence-corrected chi connectivity index (χ2v) is 6.40. The van der Waals surface area contributed by atoms with E-state index < -0.39 is 9.84 Å². The minimum atomic E-state index is -3.08. The van der Waals surface area contributed by atoms with Crippen molar-refractivity contribution >= 4 is 22.2 Å². The molecule has 1 N–H and O–H groups in total. The van der Waals surface area contributed by atoms with Crippen LogP contribution in [0.4, 0.5) is 0 Å². The first-order valence-corrected chi connectivity index (χ1v) is 7.47. The highest BCUT2D eigenvalue weighted by Gasteiger charge is 2.16. The van der Waals surface area contributed by atoms with Gasteiger partial charge in [-0.1, -0.05) is 12.1 Å². The molecule has 5 heteroatoms. The van der Waals surface area contributed by atoms with Gasteiger partial charge in [-0.15, -0.1) is 12.4 Å². The molecule has 0 spiro atoms. The molecule has 1 unspecified atom stereocenters. The van der Waals surface area contributed by atoms with E-state index in [2.05, 4.69) is 5.32 Å². The Morgan fingerprint density at radius 3 is 2.71 bits per heavy atom. The zero-order valence-electron chi connectivity index (χ0n) is 9.85. The molecule has 1 aromatic rings. The summed E-state index contributed by atoms with van der Waals surface area (Å²) in [7, 11) is -3.08. The van der Waals surface area contributed by atoms with Crippen molar-refractivity contribution in [2.45, 2.75) is 23.7 Å². The molecule has 0 aromatic heterocycles. The SMILES string of the molecule is CS(=O)(=O)c1cccc(C2CCCNC2)c1.Cl. The van der Waals surface area contributed by atoms with Gasteiger partial charge in [0.15, 0.2) is 9.84 Å². The maximum Gasteiger partial charge on any atom is 0.175 e. The molecule has 0 bridgehead atoms. The van der Waals surface area contributed by atoms with Gasteiger partial charge in [0.1, 0.15) is 0 Å². The fraction of sp³-hybridized carbons (Fsp3) is 0.500. The molecule has 0 aliphatic carbocycles. The van der Waals surface area contributed by atoms with E-state index in [0.29, 0.717) is 10.8 Å². The second kappa shape index (κ2) is 5.85. The molecule has 1 atom stereocenters. The molecular weight excluding hydrogens is 258 g/mol. The number of rotatable bonds is 2. The second-order valence-electron chi connectivity index (χ2n) is 4.39. The average molecular weight is 276 g/mol. The van der Waals surface area contributed by atoms with Crippen LogP contribution in [0.3, 0.4) is 0 Å². The molecule has 1 aromatic carbocycles. The van der Waals surface area contributed by atoms with E-state index in [1.165, 1.54) is 6.26 Å². The van der Waals surface area contributed by atoms with Crippen molar-refractivity contribution in [2.75, 3.05) is 19.3 Å². The number of sulfone groups is 1. The van der Waals surface area contributed by atoms with Crippen LogP contribution in [0.5, 0.6) is 0 Å².